The van der Waals surface area contributed by atoms with Crippen molar-refractivity contribution in [3.63, 3.8) is 0 Å². The topological polar surface area (TPSA) is 38.7 Å². The molecular weight excluding hydrogens is 324 g/mol. The summed E-state index contributed by atoms with van der Waals surface area (Å²) in [5.74, 6) is 1.45. The van der Waals surface area contributed by atoms with Gasteiger partial charge in [0.25, 0.3) is 0 Å². The van der Waals surface area contributed by atoms with Crippen molar-refractivity contribution in [2.24, 2.45) is 0 Å². The predicted octanol–water partition coefficient (Wildman–Crippen LogP) is 5.47. The first-order valence-corrected chi connectivity index (χ1v) is 9.04. The van der Waals surface area contributed by atoms with E-state index < -0.39 is 6.10 Å². The molecule has 3 heteroatoms. The SMILES string of the molecule is C=C1/C=C\C/C(C)=C\[C@H](O)c2cc(OC)c(cc2OC)C/C(C)=C\CC1. The lowest BCUT2D eigenvalue weighted by atomic mass is 9.97. The molecule has 0 aromatic heterocycles. The summed E-state index contributed by atoms with van der Waals surface area (Å²) >= 11 is 0. The second-order valence-electron chi connectivity index (χ2n) is 6.89. The highest BCUT2D eigenvalue weighted by atomic mass is 16.5. The molecule has 1 N–H and O–H groups in total. The molecule has 0 radical (unpaired) electrons. The number of rotatable bonds is 2. The maximum absolute atomic E-state index is 10.7. The van der Waals surface area contributed by atoms with Crippen LogP contribution in [0.25, 0.3) is 0 Å². The van der Waals surface area contributed by atoms with E-state index in [1.165, 1.54) is 5.57 Å². The van der Waals surface area contributed by atoms with Crippen molar-refractivity contribution in [2.75, 3.05) is 14.2 Å². The summed E-state index contributed by atoms with van der Waals surface area (Å²) in [6.45, 7) is 8.26. The van der Waals surface area contributed by atoms with Gasteiger partial charge in [0.1, 0.15) is 17.6 Å². The number of aliphatic hydroxyl groups is 1. The molecule has 3 nitrogen and oxygen atoms in total. The van der Waals surface area contributed by atoms with Crippen LogP contribution in [0, 0.1) is 0 Å². The van der Waals surface area contributed by atoms with E-state index in [2.05, 4.69) is 31.7 Å². The Bertz CT molecular complexity index is 738. The molecule has 3 rings (SSSR count). The molecule has 0 saturated carbocycles. The third kappa shape index (κ3) is 5.37. The lowest BCUT2D eigenvalue weighted by molar-refractivity contribution is 0.221. The molecule has 140 valence electrons. The number of hydrogen-bond acceptors (Lipinski definition) is 3. The molecule has 1 atom stereocenters. The number of aliphatic hydroxyl groups excluding tert-OH is 1. The quantitative estimate of drug-likeness (QED) is 0.716. The minimum Gasteiger partial charge on any atom is -0.496 e. The highest BCUT2D eigenvalue weighted by Crippen LogP contribution is 2.35. The first kappa shape index (κ1) is 20.1. The van der Waals surface area contributed by atoms with Crippen LogP contribution in [0.2, 0.25) is 0 Å². The number of allylic oxidation sites excluding steroid dienone is 6. The monoisotopic (exact) mass is 354 g/mol. The van der Waals surface area contributed by atoms with Crippen LogP contribution in [0.4, 0.5) is 0 Å². The first-order chi connectivity index (χ1) is 12.4. The molecule has 0 saturated heterocycles. The second-order valence-corrected chi connectivity index (χ2v) is 6.89. The fourth-order valence-electron chi connectivity index (χ4n) is 3.15. The summed E-state index contributed by atoms with van der Waals surface area (Å²) in [6, 6.07) is 3.86. The maximum atomic E-state index is 10.7. The minimum absolute atomic E-state index is 0.682. The van der Waals surface area contributed by atoms with E-state index in [-0.39, 0.29) is 0 Å². The second kappa shape index (κ2) is 9.44. The fourth-order valence-corrected chi connectivity index (χ4v) is 3.15. The molecule has 2 bridgehead atoms. The van der Waals surface area contributed by atoms with Crippen molar-refractivity contribution in [2.45, 2.75) is 45.6 Å². The zero-order valence-corrected chi connectivity index (χ0v) is 16.3. The van der Waals surface area contributed by atoms with E-state index in [0.717, 1.165) is 53.7 Å². The average Bonchev–Trinajstić information content (AvgIpc) is 2.60. The van der Waals surface area contributed by atoms with Crippen LogP contribution >= 0.6 is 0 Å². The molecule has 0 unspecified atom stereocenters. The minimum atomic E-state index is -0.742. The zero-order chi connectivity index (χ0) is 19.1. The summed E-state index contributed by atoms with van der Waals surface area (Å²) in [4.78, 5) is 0. The van der Waals surface area contributed by atoms with Crippen molar-refractivity contribution in [3.8, 4) is 11.5 Å². The van der Waals surface area contributed by atoms with Gasteiger partial charge in [0.2, 0.25) is 0 Å². The van der Waals surface area contributed by atoms with E-state index in [0.29, 0.717) is 5.75 Å². The van der Waals surface area contributed by atoms with Crippen LogP contribution < -0.4 is 9.47 Å². The largest absolute Gasteiger partial charge is 0.496 e. The molecular formula is C23H30O3. The Labute approximate surface area is 157 Å². The van der Waals surface area contributed by atoms with Gasteiger partial charge in [-0.1, -0.05) is 47.6 Å². The van der Waals surface area contributed by atoms with Crippen LogP contribution in [0.15, 0.2) is 59.7 Å². The van der Waals surface area contributed by atoms with Crippen LogP contribution in [0.5, 0.6) is 11.5 Å². The molecule has 0 amide bonds. The molecule has 2 aliphatic rings. The average molecular weight is 354 g/mol. The van der Waals surface area contributed by atoms with Crippen LogP contribution in [-0.4, -0.2) is 19.3 Å². The fraction of sp³-hybridized carbons (Fsp3) is 0.391. The Kier molecular flexibility index (Phi) is 7.28. The van der Waals surface area contributed by atoms with E-state index in [4.69, 9.17) is 9.47 Å². The number of benzene rings is 1. The molecule has 0 heterocycles. The number of ether oxygens (including phenoxy) is 2. The standard InChI is InChI=1S/C23H30O3/c1-16-8-6-10-17(2)12-19-14-23(26-5)20(15-22(19)25-4)21(24)13-18(3)11-7-9-16/h7,9-10,13-15,21,24H,1,6,8,11-12H2,2-5H3/b9-7-,17-10-,18-13-/t21-/m0/s1. The number of hydrogen-bond donors (Lipinski definition) is 1. The van der Waals surface area contributed by atoms with E-state index >= 15 is 0 Å². The van der Waals surface area contributed by atoms with Crippen molar-refractivity contribution >= 4 is 0 Å². The Morgan fingerprint density at radius 1 is 1.08 bits per heavy atom. The van der Waals surface area contributed by atoms with Gasteiger partial charge in [-0.2, -0.15) is 0 Å². The van der Waals surface area contributed by atoms with Crippen molar-refractivity contribution in [1.29, 1.82) is 0 Å². The molecule has 0 spiro atoms. The lowest BCUT2D eigenvalue weighted by Crippen LogP contribution is -2.03. The van der Waals surface area contributed by atoms with E-state index in [1.54, 1.807) is 14.2 Å². The summed E-state index contributed by atoms with van der Waals surface area (Å²) in [5, 5.41) is 10.7. The number of methoxy groups -OCH3 is 2. The first-order valence-electron chi connectivity index (χ1n) is 9.04. The van der Waals surface area contributed by atoms with Gasteiger partial charge in [0.15, 0.2) is 0 Å². The molecule has 0 fully saturated rings. The molecule has 0 aliphatic heterocycles. The van der Waals surface area contributed by atoms with Crippen LogP contribution in [0.1, 0.15) is 50.3 Å². The smallest absolute Gasteiger partial charge is 0.125 e. The Balaban J connectivity index is 2.51. The highest BCUT2D eigenvalue weighted by Gasteiger charge is 2.17. The molecule has 26 heavy (non-hydrogen) atoms. The zero-order valence-electron chi connectivity index (χ0n) is 16.3. The van der Waals surface area contributed by atoms with Gasteiger partial charge in [-0.05, 0) is 51.7 Å². The normalized spacial score (nSPS) is 24.3. The Morgan fingerprint density at radius 3 is 2.50 bits per heavy atom. The predicted molar refractivity (Wildman–Crippen MR) is 108 cm³/mol. The Hall–Kier alpha value is -2.26. The number of fused-ring (bicyclic) bond motifs is 10. The summed E-state index contributed by atoms with van der Waals surface area (Å²) in [6.07, 6.45) is 11.0. The molecule has 2 aliphatic carbocycles. The third-order valence-corrected chi connectivity index (χ3v) is 4.61. The van der Waals surface area contributed by atoms with Crippen molar-refractivity contribution in [3.05, 3.63) is 70.9 Å². The van der Waals surface area contributed by atoms with Crippen LogP contribution in [-0.2, 0) is 6.42 Å². The van der Waals surface area contributed by atoms with E-state index in [9.17, 15) is 5.11 Å². The lowest BCUT2D eigenvalue weighted by Gasteiger charge is -2.18. The van der Waals surface area contributed by atoms with Crippen molar-refractivity contribution in [1.82, 2.24) is 0 Å². The van der Waals surface area contributed by atoms with Gasteiger partial charge in [-0.15, -0.1) is 0 Å². The van der Waals surface area contributed by atoms with Gasteiger partial charge in [-0.3, -0.25) is 0 Å². The Morgan fingerprint density at radius 2 is 1.81 bits per heavy atom. The van der Waals surface area contributed by atoms with Gasteiger partial charge >= 0.3 is 0 Å². The third-order valence-electron chi connectivity index (χ3n) is 4.61. The summed E-state index contributed by atoms with van der Waals surface area (Å²) in [5.41, 5.74) is 5.26. The highest BCUT2D eigenvalue weighted by molar-refractivity contribution is 5.49. The molecule has 1 aromatic carbocycles. The van der Waals surface area contributed by atoms with Gasteiger partial charge in [0.05, 0.1) is 14.2 Å². The molecule has 1 aromatic rings. The van der Waals surface area contributed by atoms with Gasteiger partial charge in [0, 0.05) is 11.1 Å². The summed E-state index contributed by atoms with van der Waals surface area (Å²) in [7, 11) is 3.29. The van der Waals surface area contributed by atoms with Crippen LogP contribution in [0.3, 0.4) is 0 Å². The van der Waals surface area contributed by atoms with Gasteiger partial charge < -0.3 is 14.6 Å². The van der Waals surface area contributed by atoms with Crippen molar-refractivity contribution < 1.29 is 14.6 Å². The summed E-state index contributed by atoms with van der Waals surface area (Å²) < 4.78 is 11.1. The maximum Gasteiger partial charge on any atom is 0.125 e. The van der Waals surface area contributed by atoms with E-state index in [1.807, 2.05) is 25.1 Å². The van der Waals surface area contributed by atoms with Gasteiger partial charge in [-0.25, -0.2) is 0 Å².